The fraction of sp³-hybridized carbons (Fsp3) is 0.464. The van der Waals surface area contributed by atoms with Crippen LogP contribution < -0.4 is 10.1 Å². The van der Waals surface area contributed by atoms with Gasteiger partial charge in [-0.2, -0.15) is 5.10 Å². The van der Waals surface area contributed by atoms with Gasteiger partial charge in [0.1, 0.15) is 41.8 Å². The highest BCUT2D eigenvalue weighted by atomic mass is 19.3. The molecule has 10 nitrogen and oxygen atoms in total. The van der Waals surface area contributed by atoms with Crippen molar-refractivity contribution in [2.45, 2.75) is 51.7 Å². The van der Waals surface area contributed by atoms with Gasteiger partial charge in [0, 0.05) is 43.9 Å². The van der Waals surface area contributed by atoms with Gasteiger partial charge in [0.05, 0.1) is 5.71 Å². The molecule has 220 valence electrons. The molecular weight excluding hydrogens is 543 g/mol. The number of likely N-dealkylation sites (tertiary alicyclic amines) is 1. The van der Waals surface area contributed by atoms with E-state index in [0.717, 1.165) is 11.1 Å². The number of halogens is 3. The summed E-state index contributed by atoms with van der Waals surface area (Å²) in [6, 6.07) is 9.18. The maximum atomic E-state index is 13.8. The standard InChI is InChI=1S/C28H32F3N5O5/c1-27(2,3)41-26(39)33-21(16-40-20-9-6-7-18(29)13-20)24(37)35-12-10-22-28(17-35,14-19-8-4-5-11-32-19)25(38)36(34-22)15-23(30)31/h4-9,11,13,21,23H,10,12,14-17H2,1-3H3,(H,33,39)/t21?,28-/m1/s1. The van der Waals surface area contributed by atoms with E-state index in [9.17, 15) is 27.6 Å². The average Bonchev–Trinajstić information content (AvgIpc) is 3.15. The molecule has 1 fully saturated rings. The highest BCUT2D eigenvalue weighted by Crippen LogP contribution is 2.38. The first-order chi connectivity index (χ1) is 19.4. The molecule has 1 saturated heterocycles. The molecule has 2 aliphatic heterocycles. The number of nitrogens with one attached hydrogen (secondary N) is 1. The molecule has 1 aromatic carbocycles. The number of pyridine rings is 1. The monoisotopic (exact) mass is 575 g/mol. The summed E-state index contributed by atoms with van der Waals surface area (Å²) in [6.45, 7) is 3.70. The lowest BCUT2D eigenvalue weighted by Crippen LogP contribution is -2.60. The third-order valence-corrected chi connectivity index (χ3v) is 6.55. The number of amides is 3. The molecule has 1 aromatic heterocycles. The largest absolute Gasteiger partial charge is 0.491 e. The first-order valence-electron chi connectivity index (χ1n) is 13.1. The summed E-state index contributed by atoms with van der Waals surface area (Å²) < 4.78 is 51.2. The van der Waals surface area contributed by atoms with Crippen LogP contribution in [0.1, 0.15) is 32.9 Å². The number of piperidine rings is 1. The molecule has 3 heterocycles. The maximum Gasteiger partial charge on any atom is 0.408 e. The summed E-state index contributed by atoms with van der Waals surface area (Å²) in [5.41, 5.74) is -1.34. The van der Waals surface area contributed by atoms with Crippen LogP contribution in [0.2, 0.25) is 0 Å². The van der Waals surface area contributed by atoms with E-state index in [1.165, 1.54) is 23.1 Å². The van der Waals surface area contributed by atoms with Crippen LogP contribution in [0, 0.1) is 11.2 Å². The molecule has 13 heteroatoms. The molecule has 0 radical (unpaired) electrons. The molecule has 4 rings (SSSR count). The van der Waals surface area contributed by atoms with Crippen LogP contribution in [0.5, 0.6) is 5.75 Å². The van der Waals surface area contributed by atoms with E-state index < -0.39 is 53.8 Å². The minimum absolute atomic E-state index is 0.0407. The zero-order valence-corrected chi connectivity index (χ0v) is 23.0. The first-order valence-corrected chi connectivity index (χ1v) is 13.1. The zero-order chi connectivity index (χ0) is 29.8. The number of carbonyl (C=O) groups excluding carboxylic acids is 3. The van der Waals surface area contributed by atoms with Gasteiger partial charge < -0.3 is 19.7 Å². The van der Waals surface area contributed by atoms with Gasteiger partial charge in [-0.25, -0.2) is 23.0 Å². The Balaban J connectivity index is 1.60. The number of fused-ring (bicyclic) bond motifs is 1. The third kappa shape index (κ3) is 7.33. The van der Waals surface area contributed by atoms with Gasteiger partial charge in [-0.1, -0.05) is 12.1 Å². The van der Waals surface area contributed by atoms with Crippen molar-refractivity contribution in [3.63, 3.8) is 0 Å². The number of carbonyl (C=O) groups is 3. The number of rotatable bonds is 9. The van der Waals surface area contributed by atoms with Gasteiger partial charge in [-0.3, -0.25) is 14.6 Å². The molecule has 0 saturated carbocycles. The summed E-state index contributed by atoms with van der Waals surface area (Å²) in [7, 11) is 0. The molecule has 41 heavy (non-hydrogen) atoms. The van der Waals surface area contributed by atoms with Crippen molar-refractivity contribution in [3.8, 4) is 5.75 Å². The van der Waals surface area contributed by atoms with Crippen LogP contribution in [-0.2, 0) is 20.7 Å². The number of hydrogen-bond acceptors (Lipinski definition) is 7. The lowest BCUT2D eigenvalue weighted by Gasteiger charge is -2.40. The molecule has 0 aliphatic carbocycles. The van der Waals surface area contributed by atoms with Crippen LogP contribution in [0.3, 0.4) is 0 Å². The van der Waals surface area contributed by atoms with Crippen LogP contribution in [-0.4, -0.2) is 82.8 Å². The van der Waals surface area contributed by atoms with Crippen molar-refractivity contribution >= 4 is 23.6 Å². The van der Waals surface area contributed by atoms with Crippen molar-refractivity contribution in [1.82, 2.24) is 20.2 Å². The number of hydrogen-bond donors (Lipinski definition) is 1. The number of alkyl carbamates (subject to hydrolysis) is 1. The number of hydrazone groups is 1. The molecular formula is C28H32F3N5O5. The summed E-state index contributed by atoms with van der Waals surface area (Å²) >= 11 is 0. The van der Waals surface area contributed by atoms with Crippen molar-refractivity contribution in [3.05, 3.63) is 60.2 Å². The number of aromatic nitrogens is 1. The molecule has 1 N–H and O–H groups in total. The van der Waals surface area contributed by atoms with E-state index in [4.69, 9.17) is 9.47 Å². The quantitative estimate of drug-likeness (QED) is 0.491. The van der Waals surface area contributed by atoms with Crippen LogP contribution in [0.15, 0.2) is 53.8 Å². The zero-order valence-electron chi connectivity index (χ0n) is 23.0. The normalized spacial score (nSPS) is 19.5. The minimum Gasteiger partial charge on any atom is -0.491 e. The molecule has 2 aromatic rings. The average molecular weight is 576 g/mol. The summed E-state index contributed by atoms with van der Waals surface area (Å²) in [5.74, 6) is -1.64. The van der Waals surface area contributed by atoms with E-state index in [1.54, 1.807) is 45.2 Å². The topological polar surface area (TPSA) is 113 Å². The van der Waals surface area contributed by atoms with Gasteiger partial charge in [-0.15, -0.1) is 0 Å². The van der Waals surface area contributed by atoms with Gasteiger partial charge in [0.2, 0.25) is 5.91 Å². The number of alkyl halides is 2. The highest BCUT2D eigenvalue weighted by Gasteiger charge is 2.55. The Morgan fingerprint density at radius 2 is 1.95 bits per heavy atom. The third-order valence-electron chi connectivity index (χ3n) is 6.55. The summed E-state index contributed by atoms with van der Waals surface area (Å²) in [5, 5.41) is 7.50. The predicted octanol–water partition coefficient (Wildman–Crippen LogP) is 3.42. The van der Waals surface area contributed by atoms with E-state index in [0.29, 0.717) is 11.4 Å². The van der Waals surface area contributed by atoms with Gasteiger partial charge in [-0.05, 0) is 45.0 Å². The molecule has 3 amide bonds. The van der Waals surface area contributed by atoms with E-state index in [-0.39, 0.29) is 38.3 Å². The van der Waals surface area contributed by atoms with E-state index >= 15 is 0 Å². The Hall–Kier alpha value is -4.16. The molecule has 2 aliphatic rings. The lowest BCUT2D eigenvalue weighted by molar-refractivity contribution is -0.143. The predicted molar refractivity (Wildman–Crippen MR) is 142 cm³/mol. The van der Waals surface area contributed by atoms with E-state index in [2.05, 4.69) is 15.4 Å². The van der Waals surface area contributed by atoms with Crippen molar-refractivity contribution in [1.29, 1.82) is 0 Å². The van der Waals surface area contributed by atoms with Crippen LogP contribution >= 0.6 is 0 Å². The Labute approximate surface area is 235 Å². The highest BCUT2D eigenvalue weighted by molar-refractivity contribution is 6.13. The maximum absolute atomic E-state index is 13.8. The van der Waals surface area contributed by atoms with Gasteiger partial charge >= 0.3 is 6.09 Å². The second kappa shape index (κ2) is 12.1. The summed E-state index contributed by atoms with van der Waals surface area (Å²) in [6.07, 6.45) is -1.93. The summed E-state index contributed by atoms with van der Waals surface area (Å²) in [4.78, 5) is 45.7. The Bertz CT molecular complexity index is 1300. The smallest absolute Gasteiger partial charge is 0.408 e. The number of ether oxygens (including phenoxy) is 2. The van der Waals surface area contributed by atoms with Gasteiger partial charge in [0.25, 0.3) is 12.3 Å². The minimum atomic E-state index is -2.80. The van der Waals surface area contributed by atoms with Gasteiger partial charge in [0.15, 0.2) is 0 Å². The fourth-order valence-corrected chi connectivity index (χ4v) is 4.82. The van der Waals surface area contributed by atoms with Crippen molar-refractivity contribution in [2.75, 3.05) is 26.2 Å². The number of nitrogens with zero attached hydrogens (tertiary/aromatic N) is 4. The lowest BCUT2D eigenvalue weighted by atomic mass is 9.74. The second-order valence-electron chi connectivity index (χ2n) is 10.9. The first kappa shape index (κ1) is 29.8. The van der Waals surface area contributed by atoms with Crippen LogP contribution in [0.25, 0.3) is 0 Å². The molecule has 1 unspecified atom stereocenters. The van der Waals surface area contributed by atoms with Crippen molar-refractivity contribution < 1.29 is 37.0 Å². The Kier molecular flexibility index (Phi) is 8.83. The van der Waals surface area contributed by atoms with E-state index in [1.807, 2.05) is 0 Å². The second-order valence-corrected chi connectivity index (χ2v) is 10.9. The van der Waals surface area contributed by atoms with Crippen molar-refractivity contribution in [2.24, 2.45) is 10.5 Å². The van der Waals surface area contributed by atoms with Crippen LogP contribution in [0.4, 0.5) is 18.0 Å². The molecule has 0 bridgehead atoms. The Morgan fingerprint density at radius 1 is 1.17 bits per heavy atom. The Morgan fingerprint density at radius 3 is 2.61 bits per heavy atom. The SMILES string of the molecule is CC(C)(C)OC(=O)NC(COc1cccc(F)c1)C(=O)N1CCC2=NN(CC(F)F)C(=O)[C@]2(Cc2ccccn2)C1. The molecule has 2 atom stereocenters. The number of benzene rings is 1. The fourth-order valence-electron chi connectivity index (χ4n) is 4.82. The molecule has 0 spiro atoms.